The minimum absolute atomic E-state index is 0.0617. The zero-order chi connectivity index (χ0) is 19.9. The van der Waals surface area contributed by atoms with Crippen molar-refractivity contribution in [1.82, 2.24) is 10.3 Å². The average molecular weight is 399 g/mol. The molecule has 148 valence electrons. The summed E-state index contributed by atoms with van der Waals surface area (Å²) in [5, 5.41) is 4.20. The van der Waals surface area contributed by atoms with Gasteiger partial charge in [0.05, 0.1) is 35.5 Å². The van der Waals surface area contributed by atoms with Gasteiger partial charge in [-0.05, 0) is 56.0 Å². The van der Waals surface area contributed by atoms with Crippen LogP contribution in [0.3, 0.4) is 0 Å². The van der Waals surface area contributed by atoms with Crippen LogP contribution < -0.4 is 14.8 Å². The van der Waals surface area contributed by atoms with Crippen molar-refractivity contribution < 1.29 is 14.3 Å². The SMILES string of the molecule is COc1ccc(C(C)NC(=O)CCCCc2nc3ccccc3s2)cc1OC. The number of nitrogens with one attached hydrogen (secondary N) is 1. The van der Waals surface area contributed by atoms with Gasteiger partial charge in [0, 0.05) is 6.42 Å². The number of hydrogen-bond acceptors (Lipinski definition) is 5. The zero-order valence-corrected chi connectivity index (χ0v) is 17.3. The van der Waals surface area contributed by atoms with Crippen molar-refractivity contribution in [1.29, 1.82) is 0 Å². The van der Waals surface area contributed by atoms with Crippen LogP contribution in [0.2, 0.25) is 0 Å². The van der Waals surface area contributed by atoms with E-state index in [9.17, 15) is 4.79 Å². The summed E-state index contributed by atoms with van der Waals surface area (Å²) in [6, 6.07) is 13.8. The first-order valence-corrected chi connectivity index (χ1v) is 10.3. The minimum Gasteiger partial charge on any atom is -0.493 e. The number of rotatable bonds is 9. The Balaban J connectivity index is 1.44. The standard InChI is InChI=1S/C22H26N2O3S/c1-15(16-12-13-18(26-2)19(14-16)27-3)23-21(25)10-6-7-11-22-24-17-8-4-5-9-20(17)28-22/h4-5,8-9,12-15H,6-7,10-11H2,1-3H3,(H,23,25). The largest absolute Gasteiger partial charge is 0.493 e. The normalized spacial score (nSPS) is 12.0. The Labute approximate surface area is 169 Å². The Morgan fingerprint density at radius 2 is 1.89 bits per heavy atom. The van der Waals surface area contributed by atoms with Crippen molar-refractivity contribution in [2.45, 2.75) is 38.6 Å². The van der Waals surface area contributed by atoms with Gasteiger partial charge in [-0.2, -0.15) is 0 Å². The third-order valence-corrected chi connectivity index (χ3v) is 5.76. The third kappa shape index (κ3) is 5.01. The lowest BCUT2D eigenvalue weighted by Gasteiger charge is -2.16. The smallest absolute Gasteiger partial charge is 0.220 e. The van der Waals surface area contributed by atoms with Gasteiger partial charge in [0.1, 0.15) is 0 Å². The van der Waals surface area contributed by atoms with Gasteiger partial charge in [0.15, 0.2) is 11.5 Å². The topological polar surface area (TPSA) is 60.5 Å². The van der Waals surface area contributed by atoms with Gasteiger partial charge in [0.2, 0.25) is 5.91 Å². The molecule has 2 aromatic carbocycles. The van der Waals surface area contributed by atoms with E-state index in [4.69, 9.17) is 9.47 Å². The molecule has 6 heteroatoms. The molecule has 0 bridgehead atoms. The van der Waals surface area contributed by atoms with Crippen LogP contribution in [0.4, 0.5) is 0 Å². The van der Waals surface area contributed by atoms with Gasteiger partial charge in [0.25, 0.3) is 0 Å². The van der Waals surface area contributed by atoms with Crippen LogP contribution in [-0.4, -0.2) is 25.1 Å². The second kappa shape index (κ2) is 9.55. The van der Waals surface area contributed by atoms with E-state index >= 15 is 0 Å². The highest BCUT2D eigenvalue weighted by molar-refractivity contribution is 7.18. The fourth-order valence-electron chi connectivity index (χ4n) is 3.11. The number of nitrogens with zero attached hydrogens (tertiary/aromatic N) is 1. The second-order valence-corrected chi connectivity index (χ2v) is 7.80. The van der Waals surface area contributed by atoms with Gasteiger partial charge >= 0.3 is 0 Å². The van der Waals surface area contributed by atoms with Crippen LogP contribution in [-0.2, 0) is 11.2 Å². The number of carbonyl (C=O) groups is 1. The molecule has 28 heavy (non-hydrogen) atoms. The highest BCUT2D eigenvalue weighted by Gasteiger charge is 2.13. The van der Waals surface area contributed by atoms with E-state index in [1.165, 1.54) is 4.70 Å². The van der Waals surface area contributed by atoms with E-state index in [1.807, 2.05) is 43.3 Å². The monoisotopic (exact) mass is 398 g/mol. The van der Waals surface area contributed by atoms with E-state index in [2.05, 4.69) is 16.4 Å². The Morgan fingerprint density at radius 1 is 1.11 bits per heavy atom. The number of benzene rings is 2. The lowest BCUT2D eigenvalue weighted by Crippen LogP contribution is -2.26. The molecule has 0 aliphatic rings. The molecule has 5 nitrogen and oxygen atoms in total. The molecular weight excluding hydrogens is 372 g/mol. The number of thiazole rings is 1. The van der Waals surface area contributed by atoms with E-state index in [1.54, 1.807) is 25.6 Å². The lowest BCUT2D eigenvalue weighted by atomic mass is 10.1. The van der Waals surface area contributed by atoms with Crippen molar-refractivity contribution in [2.24, 2.45) is 0 Å². The van der Waals surface area contributed by atoms with Crippen LogP contribution in [0.5, 0.6) is 11.5 Å². The molecule has 1 amide bonds. The number of unbranched alkanes of at least 4 members (excludes halogenated alkanes) is 1. The van der Waals surface area contributed by atoms with Gasteiger partial charge in [-0.1, -0.05) is 18.2 Å². The molecule has 1 N–H and O–H groups in total. The number of methoxy groups -OCH3 is 2. The molecule has 0 saturated carbocycles. The number of aromatic nitrogens is 1. The average Bonchev–Trinajstić information content (AvgIpc) is 3.13. The minimum atomic E-state index is -0.0865. The predicted molar refractivity (Wildman–Crippen MR) is 113 cm³/mol. The first-order chi connectivity index (χ1) is 13.6. The Morgan fingerprint density at radius 3 is 2.64 bits per heavy atom. The summed E-state index contributed by atoms with van der Waals surface area (Å²) < 4.78 is 11.8. The highest BCUT2D eigenvalue weighted by atomic mass is 32.1. The third-order valence-electron chi connectivity index (χ3n) is 4.67. The summed E-state index contributed by atoms with van der Waals surface area (Å²) in [5.41, 5.74) is 2.05. The van der Waals surface area contributed by atoms with E-state index in [0.29, 0.717) is 17.9 Å². The summed E-state index contributed by atoms with van der Waals surface area (Å²) in [7, 11) is 3.22. The van der Waals surface area contributed by atoms with Crippen molar-refractivity contribution in [2.75, 3.05) is 14.2 Å². The van der Waals surface area contributed by atoms with Gasteiger partial charge < -0.3 is 14.8 Å². The Kier molecular flexibility index (Phi) is 6.87. The van der Waals surface area contributed by atoms with Crippen molar-refractivity contribution >= 4 is 27.5 Å². The quantitative estimate of drug-likeness (QED) is 0.521. The van der Waals surface area contributed by atoms with Crippen LogP contribution in [0.1, 0.15) is 42.8 Å². The second-order valence-electron chi connectivity index (χ2n) is 6.69. The summed E-state index contributed by atoms with van der Waals surface area (Å²) in [6.45, 7) is 1.97. The zero-order valence-electron chi connectivity index (χ0n) is 16.5. The molecule has 0 aliphatic heterocycles. The fourth-order valence-corrected chi connectivity index (χ4v) is 4.12. The first kappa shape index (κ1) is 20.1. The molecule has 0 saturated heterocycles. The van der Waals surface area contributed by atoms with Crippen molar-refractivity contribution in [3.05, 3.63) is 53.0 Å². The van der Waals surface area contributed by atoms with Crippen LogP contribution >= 0.6 is 11.3 Å². The summed E-state index contributed by atoms with van der Waals surface area (Å²) in [6.07, 6.45) is 3.23. The summed E-state index contributed by atoms with van der Waals surface area (Å²) in [5.74, 6) is 1.41. The number of carbonyl (C=O) groups excluding carboxylic acids is 1. The van der Waals surface area contributed by atoms with Crippen LogP contribution in [0, 0.1) is 0 Å². The lowest BCUT2D eigenvalue weighted by molar-refractivity contribution is -0.121. The molecule has 1 unspecified atom stereocenters. The number of fused-ring (bicyclic) bond motifs is 1. The molecule has 0 aliphatic carbocycles. The maximum Gasteiger partial charge on any atom is 0.220 e. The number of hydrogen-bond donors (Lipinski definition) is 1. The molecule has 1 atom stereocenters. The van der Waals surface area contributed by atoms with Gasteiger partial charge in [-0.15, -0.1) is 11.3 Å². The van der Waals surface area contributed by atoms with Gasteiger partial charge in [-0.25, -0.2) is 4.98 Å². The number of para-hydroxylation sites is 1. The van der Waals surface area contributed by atoms with Crippen LogP contribution in [0.15, 0.2) is 42.5 Å². The van der Waals surface area contributed by atoms with E-state index in [-0.39, 0.29) is 11.9 Å². The highest BCUT2D eigenvalue weighted by Crippen LogP contribution is 2.30. The number of aryl methyl sites for hydroxylation is 1. The van der Waals surface area contributed by atoms with Crippen LogP contribution in [0.25, 0.3) is 10.2 Å². The molecule has 0 spiro atoms. The molecule has 1 aromatic heterocycles. The first-order valence-electron chi connectivity index (χ1n) is 9.46. The molecule has 3 aromatic rings. The molecule has 1 heterocycles. The molecular formula is C22H26N2O3S. The summed E-state index contributed by atoms with van der Waals surface area (Å²) >= 11 is 1.74. The molecule has 0 fully saturated rings. The molecule has 3 rings (SSSR count). The fraction of sp³-hybridized carbons (Fsp3) is 0.364. The van der Waals surface area contributed by atoms with Crippen molar-refractivity contribution in [3.8, 4) is 11.5 Å². The molecule has 0 radical (unpaired) electrons. The maximum absolute atomic E-state index is 12.3. The predicted octanol–water partition coefficient (Wildman–Crippen LogP) is 4.90. The maximum atomic E-state index is 12.3. The Bertz CT molecular complexity index is 905. The van der Waals surface area contributed by atoms with E-state index in [0.717, 1.165) is 35.4 Å². The summed E-state index contributed by atoms with van der Waals surface area (Å²) in [4.78, 5) is 16.9. The van der Waals surface area contributed by atoms with E-state index < -0.39 is 0 Å². The van der Waals surface area contributed by atoms with Crippen molar-refractivity contribution in [3.63, 3.8) is 0 Å². The number of amides is 1. The van der Waals surface area contributed by atoms with Gasteiger partial charge in [-0.3, -0.25) is 4.79 Å². The Hall–Kier alpha value is -2.60. The number of ether oxygens (including phenoxy) is 2.